The highest BCUT2D eigenvalue weighted by Gasteiger charge is 2.16. The molecular weight excluding hydrogens is 334 g/mol. The molecule has 3 rings (SSSR count). The van der Waals surface area contributed by atoms with Crippen molar-refractivity contribution >= 4 is 28.2 Å². The van der Waals surface area contributed by atoms with Gasteiger partial charge in [-0.1, -0.05) is 37.6 Å². The van der Waals surface area contributed by atoms with Gasteiger partial charge in [0.1, 0.15) is 0 Å². The van der Waals surface area contributed by atoms with Crippen LogP contribution in [0.15, 0.2) is 36.7 Å². The van der Waals surface area contributed by atoms with E-state index >= 15 is 0 Å². The SMILES string of the molecule is CCCc1ccc(-c2nc(NC(=O)c3nccnc3N)sc2C)cc1. The highest BCUT2D eigenvalue weighted by atomic mass is 32.1. The zero-order chi connectivity index (χ0) is 17.8. The molecule has 0 radical (unpaired) electrons. The van der Waals surface area contributed by atoms with Gasteiger partial charge in [0.25, 0.3) is 5.91 Å². The molecular formula is C18H19N5OS. The van der Waals surface area contributed by atoms with Crippen LogP contribution in [0.5, 0.6) is 0 Å². The van der Waals surface area contributed by atoms with E-state index in [9.17, 15) is 4.79 Å². The predicted octanol–water partition coefficient (Wildman–Crippen LogP) is 3.70. The molecule has 25 heavy (non-hydrogen) atoms. The predicted molar refractivity (Wildman–Crippen MR) is 101 cm³/mol. The Morgan fingerprint density at radius 2 is 1.92 bits per heavy atom. The smallest absolute Gasteiger partial charge is 0.279 e. The minimum absolute atomic E-state index is 0.0972. The van der Waals surface area contributed by atoms with Gasteiger partial charge in [-0.25, -0.2) is 15.0 Å². The van der Waals surface area contributed by atoms with Crippen LogP contribution in [-0.4, -0.2) is 20.9 Å². The molecule has 0 saturated carbocycles. The molecule has 0 spiro atoms. The first kappa shape index (κ1) is 17.0. The average molecular weight is 353 g/mol. The summed E-state index contributed by atoms with van der Waals surface area (Å²) in [6, 6.07) is 8.38. The lowest BCUT2D eigenvalue weighted by Crippen LogP contribution is -2.16. The van der Waals surface area contributed by atoms with Gasteiger partial charge < -0.3 is 5.73 Å². The van der Waals surface area contributed by atoms with Crippen molar-refractivity contribution in [2.24, 2.45) is 0 Å². The van der Waals surface area contributed by atoms with Gasteiger partial charge in [-0.3, -0.25) is 10.1 Å². The van der Waals surface area contributed by atoms with Gasteiger partial charge in [-0.05, 0) is 18.9 Å². The number of rotatable bonds is 5. The summed E-state index contributed by atoms with van der Waals surface area (Å²) < 4.78 is 0. The van der Waals surface area contributed by atoms with Crippen molar-refractivity contribution in [2.75, 3.05) is 11.1 Å². The standard InChI is InChI=1S/C18H19N5OS/c1-3-4-12-5-7-13(8-6-12)14-11(2)25-18(22-14)23-17(24)15-16(19)21-10-9-20-15/h5-10H,3-4H2,1-2H3,(H2,19,21)(H,22,23,24). The molecule has 2 aromatic heterocycles. The Kier molecular flexibility index (Phi) is 5.04. The van der Waals surface area contributed by atoms with Gasteiger partial charge in [0.05, 0.1) is 5.69 Å². The van der Waals surface area contributed by atoms with Crippen LogP contribution in [0.4, 0.5) is 10.9 Å². The van der Waals surface area contributed by atoms with Gasteiger partial charge in [0, 0.05) is 22.8 Å². The van der Waals surface area contributed by atoms with Crippen LogP contribution in [0, 0.1) is 6.92 Å². The minimum Gasteiger partial charge on any atom is -0.382 e. The number of nitrogen functional groups attached to an aromatic ring is 1. The molecule has 0 unspecified atom stereocenters. The molecule has 0 aliphatic carbocycles. The lowest BCUT2D eigenvalue weighted by molar-refractivity contribution is 0.102. The molecule has 0 saturated heterocycles. The summed E-state index contributed by atoms with van der Waals surface area (Å²) in [5.74, 6) is -0.316. The Balaban J connectivity index is 1.80. The molecule has 128 valence electrons. The molecule has 0 aliphatic rings. The number of anilines is 2. The minimum atomic E-state index is -0.413. The Bertz CT molecular complexity index is 889. The number of thiazole rings is 1. The molecule has 7 heteroatoms. The normalized spacial score (nSPS) is 10.6. The number of benzene rings is 1. The number of hydrogen-bond donors (Lipinski definition) is 2. The molecule has 3 aromatic rings. The Labute approximate surface area is 150 Å². The lowest BCUT2D eigenvalue weighted by atomic mass is 10.1. The number of carbonyl (C=O) groups is 1. The first-order chi connectivity index (χ1) is 12.1. The topological polar surface area (TPSA) is 93.8 Å². The second kappa shape index (κ2) is 7.40. The quantitative estimate of drug-likeness (QED) is 0.729. The number of hydrogen-bond acceptors (Lipinski definition) is 6. The van der Waals surface area contributed by atoms with Crippen LogP contribution in [0.25, 0.3) is 11.3 Å². The van der Waals surface area contributed by atoms with Crippen LogP contribution in [0.3, 0.4) is 0 Å². The number of carbonyl (C=O) groups excluding carboxylic acids is 1. The highest BCUT2D eigenvalue weighted by Crippen LogP contribution is 2.31. The summed E-state index contributed by atoms with van der Waals surface area (Å²) in [4.78, 5) is 25.7. The van der Waals surface area contributed by atoms with Crippen molar-refractivity contribution in [1.82, 2.24) is 15.0 Å². The average Bonchev–Trinajstić information content (AvgIpc) is 2.96. The van der Waals surface area contributed by atoms with E-state index in [4.69, 9.17) is 5.73 Å². The molecule has 3 N–H and O–H groups in total. The summed E-state index contributed by atoms with van der Waals surface area (Å²) in [6.07, 6.45) is 5.07. The molecule has 0 aliphatic heterocycles. The third-order valence-corrected chi connectivity index (χ3v) is 4.61. The highest BCUT2D eigenvalue weighted by molar-refractivity contribution is 7.16. The Morgan fingerprint density at radius 3 is 2.60 bits per heavy atom. The Hall–Kier alpha value is -2.80. The summed E-state index contributed by atoms with van der Waals surface area (Å²) in [7, 11) is 0. The second-order valence-electron chi connectivity index (χ2n) is 5.62. The van der Waals surface area contributed by atoms with E-state index in [1.54, 1.807) is 0 Å². The first-order valence-electron chi connectivity index (χ1n) is 8.03. The molecule has 1 amide bonds. The molecule has 0 bridgehead atoms. The third-order valence-electron chi connectivity index (χ3n) is 3.72. The largest absolute Gasteiger partial charge is 0.382 e. The number of aromatic nitrogens is 3. The number of amides is 1. The van der Waals surface area contributed by atoms with Crippen LogP contribution in [0.2, 0.25) is 0 Å². The Morgan fingerprint density at radius 1 is 1.20 bits per heavy atom. The maximum atomic E-state index is 12.3. The van der Waals surface area contributed by atoms with Gasteiger partial charge in [-0.2, -0.15) is 0 Å². The lowest BCUT2D eigenvalue weighted by Gasteiger charge is -2.03. The van der Waals surface area contributed by atoms with Crippen molar-refractivity contribution in [3.05, 3.63) is 52.8 Å². The van der Waals surface area contributed by atoms with Crippen molar-refractivity contribution in [1.29, 1.82) is 0 Å². The van der Waals surface area contributed by atoms with Crippen LogP contribution >= 0.6 is 11.3 Å². The summed E-state index contributed by atoms with van der Waals surface area (Å²) in [5.41, 5.74) is 9.00. The van der Waals surface area contributed by atoms with Crippen LogP contribution < -0.4 is 11.1 Å². The van der Waals surface area contributed by atoms with Gasteiger partial charge >= 0.3 is 0 Å². The van der Waals surface area contributed by atoms with Gasteiger partial charge in [0.15, 0.2) is 16.6 Å². The summed E-state index contributed by atoms with van der Waals surface area (Å²) in [5, 5.41) is 3.26. The van der Waals surface area contributed by atoms with Crippen LogP contribution in [-0.2, 0) is 6.42 Å². The van der Waals surface area contributed by atoms with E-state index in [1.807, 2.05) is 6.92 Å². The van der Waals surface area contributed by atoms with E-state index in [-0.39, 0.29) is 11.5 Å². The van der Waals surface area contributed by atoms with Gasteiger partial charge in [0.2, 0.25) is 0 Å². The summed E-state index contributed by atoms with van der Waals surface area (Å²) in [6.45, 7) is 4.15. The first-order valence-corrected chi connectivity index (χ1v) is 8.84. The van der Waals surface area contributed by atoms with Gasteiger partial charge in [-0.15, -0.1) is 11.3 Å². The maximum absolute atomic E-state index is 12.3. The molecule has 6 nitrogen and oxygen atoms in total. The van der Waals surface area contributed by atoms with E-state index in [0.29, 0.717) is 5.13 Å². The van der Waals surface area contributed by atoms with Crippen LogP contribution in [0.1, 0.15) is 34.3 Å². The molecule has 0 atom stereocenters. The molecule has 0 fully saturated rings. The second-order valence-corrected chi connectivity index (χ2v) is 6.82. The maximum Gasteiger partial charge on any atom is 0.279 e. The van der Waals surface area contributed by atoms with E-state index in [2.05, 4.69) is 51.5 Å². The van der Waals surface area contributed by atoms with Crippen molar-refractivity contribution in [3.63, 3.8) is 0 Å². The summed E-state index contributed by atoms with van der Waals surface area (Å²) >= 11 is 1.42. The number of nitrogens with one attached hydrogen (secondary N) is 1. The number of aryl methyl sites for hydroxylation is 2. The number of nitrogens with two attached hydrogens (primary N) is 1. The number of nitrogens with zero attached hydrogens (tertiary/aromatic N) is 3. The van der Waals surface area contributed by atoms with Crippen molar-refractivity contribution in [3.8, 4) is 11.3 Å². The zero-order valence-corrected chi connectivity index (χ0v) is 14.9. The fraction of sp³-hybridized carbons (Fsp3) is 0.222. The van der Waals surface area contributed by atoms with Crippen molar-refractivity contribution in [2.45, 2.75) is 26.7 Å². The van der Waals surface area contributed by atoms with E-state index in [0.717, 1.165) is 29.0 Å². The molecule has 1 aromatic carbocycles. The monoisotopic (exact) mass is 353 g/mol. The van der Waals surface area contributed by atoms with E-state index < -0.39 is 5.91 Å². The zero-order valence-electron chi connectivity index (χ0n) is 14.1. The fourth-order valence-corrected chi connectivity index (χ4v) is 3.35. The molecule has 2 heterocycles. The van der Waals surface area contributed by atoms with E-state index in [1.165, 1.54) is 29.3 Å². The fourth-order valence-electron chi connectivity index (χ4n) is 2.52. The van der Waals surface area contributed by atoms with Crippen molar-refractivity contribution < 1.29 is 4.79 Å². The third kappa shape index (κ3) is 3.83.